The van der Waals surface area contributed by atoms with Crippen LogP contribution in [0.25, 0.3) is 11.0 Å². The second-order valence-electron chi connectivity index (χ2n) is 6.95. The van der Waals surface area contributed by atoms with Gasteiger partial charge in [-0.25, -0.2) is 4.99 Å². The molecule has 8 nitrogen and oxygen atoms in total. The van der Waals surface area contributed by atoms with Gasteiger partial charge in [0.1, 0.15) is 23.7 Å². The number of nitrogens with one attached hydrogen (secondary N) is 1. The van der Waals surface area contributed by atoms with E-state index in [4.69, 9.17) is 14.1 Å². The fraction of sp³-hybridized carbons (Fsp3) is 0.476. The first-order valence-electron chi connectivity index (χ1n) is 9.98. The van der Waals surface area contributed by atoms with Crippen LogP contribution in [0.1, 0.15) is 30.8 Å². The van der Waals surface area contributed by atoms with Crippen molar-refractivity contribution in [2.24, 2.45) is 12.0 Å². The van der Waals surface area contributed by atoms with E-state index in [1.165, 1.54) is 0 Å². The Morgan fingerprint density at radius 1 is 1.30 bits per heavy atom. The molecule has 9 heteroatoms. The first-order valence-corrected chi connectivity index (χ1v) is 9.98. The normalized spacial score (nSPS) is 11.5. The zero-order valence-electron chi connectivity index (χ0n) is 18.1. The van der Waals surface area contributed by atoms with E-state index in [1.54, 1.807) is 0 Å². The summed E-state index contributed by atoms with van der Waals surface area (Å²) in [6, 6.07) is 10.1. The van der Waals surface area contributed by atoms with Crippen LogP contribution in [0.5, 0.6) is 0 Å². The lowest BCUT2D eigenvalue weighted by Gasteiger charge is -2.21. The molecule has 0 radical (unpaired) electrons. The maximum Gasteiger partial charge on any atom is 0.194 e. The van der Waals surface area contributed by atoms with Gasteiger partial charge in [-0.05, 0) is 32.4 Å². The number of hydrogen-bond donors (Lipinski definition) is 1. The Bertz CT molecular complexity index is 919. The average Bonchev–Trinajstić information content (AvgIpc) is 3.27. The molecular formula is C21H31IN6O2. The molecule has 164 valence electrons. The van der Waals surface area contributed by atoms with E-state index in [-0.39, 0.29) is 24.0 Å². The van der Waals surface area contributed by atoms with Gasteiger partial charge in [0.2, 0.25) is 0 Å². The molecule has 0 amide bonds. The monoisotopic (exact) mass is 526 g/mol. The largest absolute Gasteiger partial charge is 0.459 e. The highest BCUT2D eigenvalue weighted by molar-refractivity contribution is 14.0. The number of ether oxygens (including phenoxy) is 1. The summed E-state index contributed by atoms with van der Waals surface area (Å²) >= 11 is 0. The molecule has 0 atom stereocenters. The number of guanidine groups is 1. The molecular weight excluding hydrogens is 495 g/mol. The summed E-state index contributed by atoms with van der Waals surface area (Å²) in [4.78, 5) is 6.82. The van der Waals surface area contributed by atoms with Crippen molar-refractivity contribution in [3.05, 3.63) is 47.7 Å². The number of nitrogens with zero attached hydrogens (tertiary/aromatic N) is 5. The van der Waals surface area contributed by atoms with Gasteiger partial charge in [0.15, 0.2) is 11.8 Å². The van der Waals surface area contributed by atoms with Crippen molar-refractivity contribution < 1.29 is 9.15 Å². The molecule has 0 saturated carbocycles. The minimum absolute atomic E-state index is 0. The lowest BCUT2D eigenvalue weighted by atomic mass is 10.2. The number of aliphatic imine (C=N–C) groups is 1. The van der Waals surface area contributed by atoms with Gasteiger partial charge in [-0.3, -0.25) is 0 Å². The van der Waals surface area contributed by atoms with Crippen molar-refractivity contribution in [1.29, 1.82) is 0 Å². The topological polar surface area (TPSA) is 80.7 Å². The van der Waals surface area contributed by atoms with E-state index in [0.29, 0.717) is 13.1 Å². The van der Waals surface area contributed by atoms with Crippen LogP contribution in [0.3, 0.4) is 0 Å². The Morgan fingerprint density at radius 2 is 2.10 bits per heavy atom. The third-order valence-electron chi connectivity index (χ3n) is 4.74. The number of aryl methyl sites for hydroxylation is 1. The zero-order chi connectivity index (χ0) is 20.6. The van der Waals surface area contributed by atoms with Crippen molar-refractivity contribution in [2.75, 3.05) is 26.8 Å². The molecule has 1 N–H and O–H groups in total. The molecule has 1 aromatic carbocycles. The van der Waals surface area contributed by atoms with Gasteiger partial charge in [-0.2, -0.15) is 0 Å². The molecule has 0 saturated heterocycles. The highest BCUT2D eigenvalue weighted by Crippen LogP contribution is 2.19. The van der Waals surface area contributed by atoms with Crippen LogP contribution >= 0.6 is 24.0 Å². The first kappa shape index (κ1) is 24.1. The third kappa shape index (κ3) is 6.43. The van der Waals surface area contributed by atoms with Gasteiger partial charge < -0.3 is 23.9 Å². The van der Waals surface area contributed by atoms with Crippen molar-refractivity contribution in [3.63, 3.8) is 0 Å². The van der Waals surface area contributed by atoms with Crippen molar-refractivity contribution >= 4 is 40.9 Å². The van der Waals surface area contributed by atoms with Gasteiger partial charge in [0, 0.05) is 39.2 Å². The van der Waals surface area contributed by atoms with Gasteiger partial charge in [-0.15, -0.1) is 34.2 Å². The van der Waals surface area contributed by atoms with Crippen LogP contribution in [-0.4, -0.2) is 52.4 Å². The zero-order valence-corrected chi connectivity index (χ0v) is 20.4. The number of para-hydroxylation sites is 1. The lowest BCUT2D eigenvalue weighted by Crippen LogP contribution is -2.39. The Labute approximate surface area is 194 Å². The molecule has 0 spiro atoms. The SMILES string of the molecule is CCOCCCNC(=NCc1nnc(C)n1C)N(C)Cc1cc2ccccc2o1.I. The Hall–Kier alpha value is -2.14. The molecule has 2 heterocycles. The number of rotatable bonds is 9. The summed E-state index contributed by atoms with van der Waals surface area (Å²) in [6.45, 7) is 7.25. The van der Waals surface area contributed by atoms with Crippen LogP contribution < -0.4 is 5.32 Å². The molecule has 0 bridgehead atoms. The van der Waals surface area contributed by atoms with Crippen LogP contribution in [0.4, 0.5) is 0 Å². The average molecular weight is 526 g/mol. The quantitative estimate of drug-likeness (QED) is 0.199. The molecule has 0 fully saturated rings. The Balaban J connectivity index is 0.00000320. The van der Waals surface area contributed by atoms with E-state index in [0.717, 1.165) is 60.5 Å². The minimum Gasteiger partial charge on any atom is -0.459 e. The van der Waals surface area contributed by atoms with Crippen molar-refractivity contribution in [2.45, 2.75) is 33.4 Å². The van der Waals surface area contributed by atoms with Crippen LogP contribution in [-0.2, 0) is 24.9 Å². The van der Waals surface area contributed by atoms with Crippen LogP contribution in [0.2, 0.25) is 0 Å². The molecule has 0 aliphatic heterocycles. The lowest BCUT2D eigenvalue weighted by molar-refractivity contribution is 0.145. The molecule has 2 aromatic heterocycles. The fourth-order valence-electron chi connectivity index (χ4n) is 2.99. The number of aromatic nitrogens is 3. The summed E-state index contributed by atoms with van der Waals surface area (Å²) in [5.41, 5.74) is 0.897. The summed E-state index contributed by atoms with van der Waals surface area (Å²) in [6.07, 6.45) is 0.911. The summed E-state index contributed by atoms with van der Waals surface area (Å²) in [5, 5.41) is 12.8. The Morgan fingerprint density at radius 3 is 2.80 bits per heavy atom. The van der Waals surface area contributed by atoms with E-state index in [2.05, 4.69) is 32.5 Å². The number of hydrogen-bond acceptors (Lipinski definition) is 5. The van der Waals surface area contributed by atoms with Crippen molar-refractivity contribution in [1.82, 2.24) is 25.0 Å². The number of furan rings is 1. The number of fused-ring (bicyclic) bond motifs is 1. The predicted molar refractivity (Wildman–Crippen MR) is 129 cm³/mol. The van der Waals surface area contributed by atoms with E-state index in [1.807, 2.05) is 50.7 Å². The second kappa shape index (κ2) is 11.9. The van der Waals surface area contributed by atoms with Crippen molar-refractivity contribution in [3.8, 4) is 0 Å². The van der Waals surface area contributed by atoms with Crippen LogP contribution in [0, 0.1) is 6.92 Å². The highest BCUT2D eigenvalue weighted by atomic mass is 127. The molecule has 3 rings (SSSR count). The summed E-state index contributed by atoms with van der Waals surface area (Å²) in [5.74, 6) is 3.39. The molecule has 0 aliphatic carbocycles. The highest BCUT2D eigenvalue weighted by Gasteiger charge is 2.12. The van der Waals surface area contributed by atoms with E-state index in [9.17, 15) is 0 Å². The second-order valence-corrected chi connectivity index (χ2v) is 6.95. The third-order valence-corrected chi connectivity index (χ3v) is 4.74. The Kier molecular flexibility index (Phi) is 9.57. The molecule has 0 unspecified atom stereocenters. The van der Waals surface area contributed by atoms with E-state index < -0.39 is 0 Å². The summed E-state index contributed by atoms with van der Waals surface area (Å²) < 4.78 is 13.3. The predicted octanol–water partition coefficient (Wildman–Crippen LogP) is 3.49. The molecule has 3 aromatic rings. The minimum atomic E-state index is 0. The van der Waals surface area contributed by atoms with Gasteiger partial charge in [0.25, 0.3) is 0 Å². The van der Waals surface area contributed by atoms with Gasteiger partial charge >= 0.3 is 0 Å². The smallest absolute Gasteiger partial charge is 0.194 e. The molecule has 0 aliphatic rings. The maximum atomic E-state index is 5.96. The summed E-state index contributed by atoms with van der Waals surface area (Å²) in [7, 11) is 3.96. The number of benzene rings is 1. The first-order chi connectivity index (χ1) is 14.1. The van der Waals surface area contributed by atoms with E-state index >= 15 is 0 Å². The maximum absolute atomic E-state index is 5.96. The van der Waals surface area contributed by atoms with Crippen LogP contribution in [0.15, 0.2) is 39.7 Å². The molecule has 30 heavy (non-hydrogen) atoms. The van der Waals surface area contributed by atoms with Gasteiger partial charge in [-0.1, -0.05) is 18.2 Å². The van der Waals surface area contributed by atoms with Gasteiger partial charge in [0.05, 0.1) is 6.54 Å². The number of halogens is 1. The standard InChI is InChI=1S/C21H30N6O2.HI/c1-5-28-12-8-11-22-21(23-14-20-25-24-16(2)27(20)4)26(3)15-18-13-17-9-6-7-10-19(17)29-18;/h6-7,9-10,13H,5,8,11-12,14-15H2,1-4H3,(H,22,23);1H. The fourth-order valence-corrected chi connectivity index (χ4v) is 2.99.